The van der Waals surface area contributed by atoms with Gasteiger partial charge < -0.3 is 4.98 Å². The minimum absolute atomic E-state index is 0.115. The zero-order chi connectivity index (χ0) is 20.7. The molecule has 0 saturated carbocycles. The summed E-state index contributed by atoms with van der Waals surface area (Å²) in [5.74, 6) is 1.06. The predicted octanol–water partition coefficient (Wildman–Crippen LogP) is 4.60. The molecule has 4 aromatic heterocycles. The van der Waals surface area contributed by atoms with Crippen LogP contribution in [0, 0.1) is 13.8 Å². The summed E-state index contributed by atoms with van der Waals surface area (Å²) in [5, 5.41) is 15.3. The van der Waals surface area contributed by atoms with Gasteiger partial charge >= 0.3 is 0 Å². The van der Waals surface area contributed by atoms with Gasteiger partial charge in [0.05, 0.1) is 16.8 Å². The molecule has 1 N–H and O–H groups in total. The van der Waals surface area contributed by atoms with Crippen molar-refractivity contribution in [3.05, 3.63) is 68.4 Å². The highest BCUT2D eigenvalue weighted by atomic mass is 32.2. The molecule has 0 radical (unpaired) electrons. The normalized spacial score (nSPS) is 11.4. The Morgan fingerprint density at radius 3 is 2.73 bits per heavy atom. The molecule has 5 aromatic rings. The summed E-state index contributed by atoms with van der Waals surface area (Å²) in [7, 11) is 0. The number of tetrazole rings is 1. The molecule has 4 heterocycles. The van der Waals surface area contributed by atoms with E-state index < -0.39 is 0 Å². The summed E-state index contributed by atoms with van der Waals surface area (Å²) in [6.45, 7) is 4.09. The van der Waals surface area contributed by atoms with E-state index in [0.29, 0.717) is 22.1 Å². The third-order valence-corrected chi connectivity index (χ3v) is 7.39. The summed E-state index contributed by atoms with van der Waals surface area (Å²) in [6.07, 6.45) is 0. The quantitative estimate of drug-likeness (QED) is 0.392. The van der Waals surface area contributed by atoms with Gasteiger partial charge in [-0.25, -0.2) is 4.98 Å². The first-order chi connectivity index (χ1) is 14.6. The summed E-state index contributed by atoms with van der Waals surface area (Å²) in [5.41, 5.74) is 2.89. The Bertz CT molecular complexity index is 1400. The lowest BCUT2D eigenvalue weighted by atomic mass is 10.2. The number of fused-ring (bicyclic) bond motifs is 1. The minimum Gasteiger partial charge on any atom is -0.309 e. The van der Waals surface area contributed by atoms with Crippen molar-refractivity contribution in [2.45, 2.75) is 24.8 Å². The number of aryl methyl sites for hydroxylation is 2. The average Bonchev–Trinajstić information content (AvgIpc) is 3.46. The van der Waals surface area contributed by atoms with E-state index in [1.807, 2.05) is 36.6 Å². The van der Waals surface area contributed by atoms with Crippen molar-refractivity contribution in [3.8, 4) is 16.1 Å². The van der Waals surface area contributed by atoms with E-state index >= 15 is 0 Å². The van der Waals surface area contributed by atoms with E-state index in [1.165, 1.54) is 33.5 Å². The minimum atomic E-state index is -0.115. The van der Waals surface area contributed by atoms with Gasteiger partial charge in [-0.2, -0.15) is 4.68 Å². The first kappa shape index (κ1) is 19.2. The van der Waals surface area contributed by atoms with Crippen LogP contribution in [0.15, 0.2) is 51.7 Å². The van der Waals surface area contributed by atoms with Crippen LogP contribution >= 0.6 is 34.4 Å². The third kappa shape index (κ3) is 3.57. The van der Waals surface area contributed by atoms with E-state index in [2.05, 4.69) is 44.5 Å². The van der Waals surface area contributed by atoms with E-state index in [1.54, 1.807) is 16.0 Å². The number of thioether (sulfide) groups is 1. The highest BCUT2D eigenvalue weighted by Crippen LogP contribution is 2.35. The number of H-pyrrole nitrogens is 1. The van der Waals surface area contributed by atoms with Gasteiger partial charge in [-0.15, -0.1) is 27.8 Å². The first-order valence-electron chi connectivity index (χ1n) is 9.14. The Balaban J connectivity index is 1.42. The van der Waals surface area contributed by atoms with Crippen molar-refractivity contribution in [1.29, 1.82) is 0 Å². The number of nitrogens with zero attached hydrogens (tertiary/aromatic N) is 5. The van der Waals surface area contributed by atoms with E-state index in [9.17, 15) is 4.79 Å². The number of aromatic nitrogens is 6. The van der Waals surface area contributed by atoms with Gasteiger partial charge in [0.15, 0.2) is 0 Å². The number of rotatable bonds is 5. The Morgan fingerprint density at radius 1 is 1.13 bits per heavy atom. The van der Waals surface area contributed by atoms with Gasteiger partial charge in [-0.3, -0.25) is 4.79 Å². The standard InChI is InChI=1S/C20H16N6OS3/c1-11-3-6-13(7-4-11)26-20(23-24-25-26)29-10-16-21-18(27)17-14(9-28-19(17)22-16)15-8-5-12(2)30-15/h3-9H,10H2,1-2H3,(H,21,22,27). The van der Waals surface area contributed by atoms with Crippen molar-refractivity contribution in [2.75, 3.05) is 0 Å². The lowest BCUT2D eigenvalue weighted by Crippen LogP contribution is -2.10. The fraction of sp³-hybridized carbons (Fsp3) is 0.150. The number of benzene rings is 1. The monoisotopic (exact) mass is 452 g/mol. The van der Waals surface area contributed by atoms with Crippen LogP contribution in [-0.4, -0.2) is 30.2 Å². The van der Waals surface area contributed by atoms with Crippen molar-refractivity contribution in [3.63, 3.8) is 0 Å². The van der Waals surface area contributed by atoms with Crippen LogP contribution in [0.1, 0.15) is 16.3 Å². The second-order valence-electron chi connectivity index (χ2n) is 6.75. The largest absolute Gasteiger partial charge is 0.309 e. The smallest absolute Gasteiger partial charge is 0.260 e. The van der Waals surface area contributed by atoms with Crippen molar-refractivity contribution >= 4 is 44.7 Å². The Kier molecular flexibility index (Phi) is 4.97. The van der Waals surface area contributed by atoms with Gasteiger partial charge in [0.25, 0.3) is 5.56 Å². The molecule has 7 nitrogen and oxygen atoms in total. The lowest BCUT2D eigenvalue weighted by Gasteiger charge is -2.05. The van der Waals surface area contributed by atoms with Crippen molar-refractivity contribution in [1.82, 2.24) is 30.2 Å². The van der Waals surface area contributed by atoms with E-state index in [4.69, 9.17) is 0 Å². The zero-order valence-corrected chi connectivity index (χ0v) is 18.6. The van der Waals surface area contributed by atoms with Crippen LogP contribution in [0.2, 0.25) is 0 Å². The molecule has 0 amide bonds. The second-order valence-corrected chi connectivity index (χ2v) is 9.84. The van der Waals surface area contributed by atoms with Crippen LogP contribution in [0.5, 0.6) is 0 Å². The molecule has 0 fully saturated rings. The summed E-state index contributed by atoms with van der Waals surface area (Å²) in [4.78, 5) is 23.5. The third-order valence-electron chi connectivity index (χ3n) is 4.56. The fourth-order valence-corrected chi connectivity index (χ4v) is 5.76. The highest BCUT2D eigenvalue weighted by molar-refractivity contribution is 7.98. The summed E-state index contributed by atoms with van der Waals surface area (Å²) >= 11 is 4.60. The maximum atomic E-state index is 12.8. The second kappa shape index (κ2) is 7.78. The van der Waals surface area contributed by atoms with Crippen molar-refractivity contribution < 1.29 is 0 Å². The zero-order valence-electron chi connectivity index (χ0n) is 16.1. The van der Waals surface area contributed by atoms with Gasteiger partial charge in [0.1, 0.15) is 10.7 Å². The van der Waals surface area contributed by atoms with Crippen LogP contribution in [-0.2, 0) is 5.75 Å². The van der Waals surface area contributed by atoms with Gasteiger partial charge in [-0.05, 0) is 48.5 Å². The van der Waals surface area contributed by atoms with E-state index in [-0.39, 0.29) is 5.56 Å². The molecule has 10 heteroatoms. The van der Waals surface area contributed by atoms with Crippen LogP contribution in [0.4, 0.5) is 0 Å². The molecular weight excluding hydrogens is 436 g/mol. The molecular formula is C20H16N6OS3. The van der Waals surface area contributed by atoms with E-state index in [0.717, 1.165) is 21.0 Å². The molecule has 30 heavy (non-hydrogen) atoms. The fourth-order valence-electron chi connectivity index (χ4n) is 3.07. The molecule has 0 atom stereocenters. The van der Waals surface area contributed by atoms with Crippen LogP contribution in [0.3, 0.4) is 0 Å². The maximum absolute atomic E-state index is 12.8. The number of hydrogen-bond donors (Lipinski definition) is 1. The molecule has 0 saturated heterocycles. The molecule has 0 spiro atoms. The number of aromatic amines is 1. The lowest BCUT2D eigenvalue weighted by molar-refractivity contribution is 0.756. The topological polar surface area (TPSA) is 89.3 Å². The molecule has 0 unspecified atom stereocenters. The molecule has 5 rings (SSSR count). The number of hydrogen-bond acceptors (Lipinski definition) is 8. The molecule has 0 aliphatic heterocycles. The Hall–Kier alpha value is -2.82. The Labute approximate surface area is 183 Å². The first-order valence-corrected chi connectivity index (χ1v) is 11.8. The van der Waals surface area contributed by atoms with Gasteiger partial charge in [0.2, 0.25) is 5.16 Å². The number of nitrogens with one attached hydrogen (secondary N) is 1. The molecule has 1 aromatic carbocycles. The molecule has 0 aliphatic rings. The Morgan fingerprint density at radius 2 is 1.97 bits per heavy atom. The number of thiophene rings is 2. The molecule has 0 bridgehead atoms. The predicted molar refractivity (Wildman–Crippen MR) is 122 cm³/mol. The van der Waals surface area contributed by atoms with Crippen LogP contribution in [0.25, 0.3) is 26.3 Å². The van der Waals surface area contributed by atoms with Crippen LogP contribution < -0.4 is 5.56 Å². The SMILES string of the molecule is Cc1ccc(-n2nnnc2SCc2nc3scc(-c4ccc(C)s4)c3c(=O)[nH]2)cc1. The summed E-state index contributed by atoms with van der Waals surface area (Å²) in [6, 6.07) is 12.1. The summed E-state index contributed by atoms with van der Waals surface area (Å²) < 4.78 is 1.68. The van der Waals surface area contributed by atoms with Gasteiger partial charge in [0, 0.05) is 20.7 Å². The molecule has 150 valence electrons. The highest BCUT2D eigenvalue weighted by Gasteiger charge is 2.15. The molecule has 0 aliphatic carbocycles. The maximum Gasteiger partial charge on any atom is 0.260 e. The average molecular weight is 453 g/mol. The van der Waals surface area contributed by atoms with Crippen molar-refractivity contribution in [2.24, 2.45) is 0 Å². The van der Waals surface area contributed by atoms with Gasteiger partial charge in [-0.1, -0.05) is 29.5 Å².